The molecule has 6 nitrogen and oxygen atoms in total. The van der Waals surface area contributed by atoms with Crippen molar-refractivity contribution in [2.75, 3.05) is 25.8 Å². The highest BCUT2D eigenvalue weighted by atomic mass is 35.5. The van der Waals surface area contributed by atoms with E-state index in [-0.39, 0.29) is 19.2 Å². The molecule has 2 aromatic carbocycles. The molecule has 1 N–H and O–H groups in total. The van der Waals surface area contributed by atoms with Crippen LogP contribution in [0.25, 0.3) is 11.3 Å². The summed E-state index contributed by atoms with van der Waals surface area (Å²) in [6.07, 6.45) is 1.76. The van der Waals surface area contributed by atoms with Crippen LogP contribution in [0.5, 0.6) is 11.5 Å². The number of benzene rings is 2. The lowest BCUT2D eigenvalue weighted by Crippen LogP contribution is -2.12. The highest BCUT2D eigenvalue weighted by Gasteiger charge is 2.18. The van der Waals surface area contributed by atoms with Crippen LogP contribution in [0.15, 0.2) is 42.6 Å². The number of rotatable bonds is 7. The van der Waals surface area contributed by atoms with Gasteiger partial charge in [-0.25, -0.2) is 9.37 Å². The Morgan fingerprint density at radius 1 is 1.25 bits per heavy atom. The molecule has 0 atom stereocenters. The van der Waals surface area contributed by atoms with E-state index in [1.54, 1.807) is 25.4 Å². The number of anilines is 1. The van der Waals surface area contributed by atoms with E-state index in [0.29, 0.717) is 35.4 Å². The third-order valence-electron chi connectivity index (χ3n) is 4.53. The molecule has 0 saturated heterocycles. The van der Waals surface area contributed by atoms with Crippen LogP contribution in [-0.2, 0) is 17.8 Å². The fraction of sp³-hybridized carbons (Fsp3) is 0.250. The normalized spacial score (nSPS) is 12.4. The number of hydrogen-bond donors (Lipinski definition) is 1. The molecular formula is C20H19ClFN3O3. The Balaban J connectivity index is 1.63. The van der Waals surface area contributed by atoms with Crippen molar-refractivity contribution in [2.45, 2.75) is 13.1 Å². The lowest BCUT2D eigenvalue weighted by Gasteiger charge is -2.14. The first kappa shape index (κ1) is 18.6. The predicted molar refractivity (Wildman–Crippen MR) is 104 cm³/mol. The van der Waals surface area contributed by atoms with Crippen molar-refractivity contribution in [1.82, 2.24) is 9.55 Å². The van der Waals surface area contributed by atoms with Crippen LogP contribution in [0.2, 0.25) is 5.02 Å². The number of aromatic nitrogens is 2. The molecule has 3 aromatic rings. The van der Waals surface area contributed by atoms with Crippen LogP contribution >= 0.6 is 11.6 Å². The largest absolute Gasteiger partial charge is 0.454 e. The van der Waals surface area contributed by atoms with Crippen LogP contribution in [0, 0.1) is 5.82 Å². The second-order valence-corrected chi connectivity index (χ2v) is 6.64. The summed E-state index contributed by atoms with van der Waals surface area (Å²) in [4.78, 5) is 4.47. The summed E-state index contributed by atoms with van der Waals surface area (Å²) in [6, 6.07) is 10.4. The molecule has 0 aliphatic carbocycles. The highest BCUT2D eigenvalue weighted by molar-refractivity contribution is 6.31. The van der Waals surface area contributed by atoms with Gasteiger partial charge >= 0.3 is 0 Å². The smallest absolute Gasteiger partial charge is 0.231 e. The molecule has 8 heteroatoms. The molecular weight excluding hydrogens is 385 g/mol. The molecule has 0 saturated carbocycles. The average molecular weight is 404 g/mol. The molecule has 1 aliphatic rings. The summed E-state index contributed by atoms with van der Waals surface area (Å²) in [7, 11) is 1.64. The number of methoxy groups -OCH3 is 1. The van der Waals surface area contributed by atoms with Gasteiger partial charge < -0.3 is 24.1 Å². The number of fused-ring (bicyclic) bond motifs is 1. The average Bonchev–Trinajstić information content (AvgIpc) is 3.32. The van der Waals surface area contributed by atoms with Crippen molar-refractivity contribution in [3.63, 3.8) is 0 Å². The van der Waals surface area contributed by atoms with Crippen LogP contribution in [0.4, 0.5) is 10.3 Å². The minimum Gasteiger partial charge on any atom is -0.454 e. The molecule has 0 fully saturated rings. The van der Waals surface area contributed by atoms with E-state index < -0.39 is 0 Å². The molecule has 0 unspecified atom stereocenters. The first-order chi connectivity index (χ1) is 13.7. The van der Waals surface area contributed by atoms with Crippen LogP contribution < -0.4 is 14.8 Å². The molecule has 146 valence electrons. The summed E-state index contributed by atoms with van der Waals surface area (Å²) in [5, 5.41) is 3.55. The van der Waals surface area contributed by atoms with Gasteiger partial charge in [0.15, 0.2) is 11.5 Å². The Morgan fingerprint density at radius 3 is 2.93 bits per heavy atom. The maximum Gasteiger partial charge on any atom is 0.231 e. The topological polar surface area (TPSA) is 57.5 Å². The Morgan fingerprint density at radius 2 is 2.11 bits per heavy atom. The Hall–Kier alpha value is -2.77. The summed E-state index contributed by atoms with van der Waals surface area (Å²) in [6.45, 7) is 1.52. The minimum atomic E-state index is -0.356. The third kappa shape index (κ3) is 3.63. The number of nitrogens with zero attached hydrogens (tertiary/aromatic N) is 2. The van der Waals surface area contributed by atoms with E-state index in [1.165, 1.54) is 6.07 Å². The molecule has 4 rings (SSSR count). The van der Waals surface area contributed by atoms with E-state index >= 15 is 0 Å². The molecule has 0 spiro atoms. The van der Waals surface area contributed by atoms with Crippen molar-refractivity contribution < 1.29 is 18.6 Å². The zero-order valence-electron chi connectivity index (χ0n) is 15.2. The lowest BCUT2D eigenvalue weighted by molar-refractivity contribution is 0.174. The zero-order chi connectivity index (χ0) is 19.5. The summed E-state index contributed by atoms with van der Waals surface area (Å²) >= 11 is 6.12. The monoisotopic (exact) mass is 403 g/mol. The molecule has 28 heavy (non-hydrogen) atoms. The van der Waals surface area contributed by atoms with Gasteiger partial charge in [0.1, 0.15) is 5.82 Å². The van der Waals surface area contributed by atoms with E-state index in [1.807, 2.05) is 22.8 Å². The maximum atomic E-state index is 14.1. The fourth-order valence-electron chi connectivity index (χ4n) is 3.08. The second kappa shape index (κ2) is 8.08. The molecule has 2 heterocycles. The van der Waals surface area contributed by atoms with E-state index in [0.717, 1.165) is 17.0 Å². The maximum absolute atomic E-state index is 14.1. The van der Waals surface area contributed by atoms with Gasteiger partial charge in [-0.3, -0.25) is 0 Å². The first-order valence-corrected chi connectivity index (χ1v) is 9.16. The standard InChI is InChI=1S/C20H19ClFN3O3/c1-26-8-7-25-17(13-5-6-18-19(9-13)28-12-27-18)11-24-20(25)23-10-14-15(21)3-2-4-16(14)22/h2-6,9,11H,7-8,10,12H2,1H3,(H,23,24). The summed E-state index contributed by atoms with van der Waals surface area (Å²) in [5.41, 5.74) is 2.22. The Kier molecular flexibility index (Phi) is 5.36. The van der Waals surface area contributed by atoms with Crippen molar-refractivity contribution >= 4 is 17.5 Å². The number of nitrogens with one attached hydrogen (secondary N) is 1. The van der Waals surface area contributed by atoms with Gasteiger partial charge in [0.05, 0.1) is 18.5 Å². The Labute approximate surface area is 166 Å². The number of imidazole rings is 1. The number of ether oxygens (including phenoxy) is 3. The number of halogens is 2. The molecule has 0 bridgehead atoms. The Bertz CT molecular complexity index is 973. The zero-order valence-corrected chi connectivity index (χ0v) is 16.0. The molecule has 1 aromatic heterocycles. The van der Waals surface area contributed by atoms with Crippen LogP contribution in [-0.4, -0.2) is 30.1 Å². The second-order valence-electron chi connectivity index (χ2n) is 6.23. The van der Waals surface area contributed by atoms with Crippen molar-refractivity contribution in [1.29, 1.82) is 0 Å². The summed E-state index contributed by atoms with van der Waals surface area (Å²) < 4.78 is 32.1. The predicted octanol–water partition coefficient (Wildman–Crippen LogP) is 4.33. The van der Waals surface area contributed by atoms with Crippen molar-refractivity contribution in [3.05, 3.63) is 59.0 Å². The van der Waals surface area contributed by atoms with Gasteiger partial charge in [-0.2, -0.15) is 0 Å². The van der Waals surface area contributed by atoms with Crippen molar-refractivity contribution in [2.24, 2.45) is 0 Å². The fourth-order valence-corrected chi connectivity index (χ4v) is 3.31. The number of hydrogen-bond acceptors (Lipinski definition) is 5. The van der Waals surface area contributed by atoms with Crippen molar-refractivity contribution in [3.8, 4) is 22.8 Å². The van der Waals surface area contributed by atoms with E-state index in [2.05, 4.69) is 10.3 Å². The van der Waals surface area contributed by atoms with Gasteiger partial charge in [0.2, 0.25) is 12.7 Å². The molecule has 0 amide bonds. The highest BCUT2D eigenvalue weighted by Crippen LogP contribution is 2.36. The van der Waals surface area contributed by atoms with E-state index in [9.17, 15) is 4.39 Å². The van der Waals surface area contributed by atoms with Gasteiger partial charge in [0, 0.05) is 36.3 Å². The molecule has 0 radical (unpaired) electrons. The van der Waals surface area contributed by atoms with Gasteiger partial charge in [0.25, 0.3) is 0 Å². The molecule has 1 aliphatic heterocycles. The lowest BCUT2D eigenvalue weighted by atomic mass is 10.1. The SMILES string of the molecule is COCCn1c(-c2ccc3c(c2)OCO3)cnc1NCc1c(F)cccc1Cl. The van der Waals surface area contributed by atoms with Gasteiger partial charge in [-0.1, -0.05) is 17.7 Å². The van der Waals surface area contributed by atoms with E-state index in [4.69, 9.17) is 25.8 Å². The van der Waals surface area contributed by atoms with Gasteiger partial charge in [-0.05, 0) is 30.3 Å². The third-order valence-corrected chi connectivity index (χ3v) is 4.88. The van der Waals surface area contributed by atoms with Crippen LogP contribution in [0.3, 0.4) is 0 Å². The van der Waals surface area contributed by atoms with Crippen LogP contribution in [0.1, 0.15) is 5.56 Å². The summed E-state index contributed by atoms with van der Waals surface area (Å²) in [5.74, 6) is 1.67. The minimum absolute atomic E-state index is 0.218. The first-order valence-electron chi connectivity index (χ1n) is 8.78. The van der Waals surface area contributed by atoms with Gasteiger partial charge in [-0.15, -0.1) is 0 Å². The quantitative estimate of drug-likeness (QED) is 0.636.